The van der Waals surface area contributed by atoms with Crippen molar-refractivity contribution in [3.8, 4) is 0 Å². The van der Waals surface area contributed by atoms with E-state index in [1.165, 1.54) is 50.5 Å². The lowest BCUT2D eigenvalue weighted by Gasteiger charge is -2.27. The van der Waals surface area contributed by atoms with Crippen LogP contribution in [0.2, 0.25) is 20.1 Å². The highest BCUT2D eigenvalue weighted by atomic mass is 35.5. The number of carbonyl (C=O) groups is 1. The van der Waals surface area contributed by atoms with Gasteiger partial charge in [0.25, 0.3) is 11.1 Å². The Balaban J connectivity index is 0.000000256. The minimum absolute atomic E-state index is 0.00424. The van der Waals surface area contributed by atoms with E-state index >= 15 is 0 Å². The summed E-state index contributed by atoms with van der Waals surface area (Å²) in [5.41, 5.74) is -0.692. The Labute approximate surface area is 400 Å². The third-order valence-electron chi connectivity index (χ3n) is 9.11. The number of aromatic nitrogens is 8. The molecule has 0 bridgehead atoms. The molecule has 3 N–H and O–H groups in total. The van der Waals surface area contributed by atoms with Crippen LogP contribution in [0.5, 0.6) is 0 Å². The number of carbonyl (C=O) groups excluding carboxylic acids is 1. The predicted molar refractivity (Wildman–Crippen MR) is 245 cm³/mol. The molecule has 2 aromatic carbocycles. The fourth-order valence-corrected chi connectivity index (χ4v) is 10.8. The van der Waals surface area contributed by atoms with Crippen LogP contribution in [0.3, 0.4) is 0 Å². The van der Waals surface area contributed by atoms with Crippen LogP contribution in [0, 0.1) is 0 Å². The zero-order valence-corrected chi connectivity index (χ0v) is 41.5. The van der Waals surface area contributed by atoms with Gasteiger partial charge in [-0.1, -0.05) is 84.4 Å². The summed E-state index contributed by atoms with van der Waals surface area (Å²) in [4.78, 5) is 64.8. The van der Waals surface area contributed by atoms with Crippen LogP contribution in [-0.4, -0.2) is 68.4 Å². The lowest BCUT2D eigenvalue weighted by Crippen LogP contribution is -2.37. The van der Waals surface area contributed by atoms with Crippen molar-refractivity contribution in [2.45, 2.75) is 98.8 Å². The van der Waals surface area contributed by atoms with E-state index in [4.69, 9.17) is 51.1 Å². The number of amides is 1. The topological polar surface area (TPSA) is 297 Å². The molecule has 0 atom stereocenters. The number of halogens is 4. The SMILES string of the molecule is CC(C)c1cc(S(=O)(=O)c2c(Cl)cc(N(Cc3noc(=O)[nH]3)C(=O)OC(C)(C)C)cc2Cl)nn(C)c1=O.CC(C)c1cc(S(=O)(=O)c2c(Cl)cc(NCc3noc(=O)[nH]3)cc2Cl)nn(C)c1=O. The second-order valence-electron chi connectivity index (χ2n) is 16.1. The van der Waals surface area contributed by atoms with Crippen molar-refractivity contribution in [2.24, 2.45) is 14.1 Å². The predicted octanol–water partition coefficient (Wildman–Crippen LogP) is 5.99. The van der Waals surface area contributed by atoms with Gasteiger partial charge in [0.15, 0.2) is 21.7 Å². The molecular weight excluding hydrogens is 1010 g/mol. The molecule has 6 rings (SSSR count). The van der Waals surface area contributed by atoms with E-state index in [1.807, 2.05) is 0 Å². The third-order valence-corrected chi connectivity index (χ3v) is 14.2. The van der Waals surface area contributed by atoms with Gasteiger partial charge in [0, 0.05) is 30.9 Å². The van der Waals surface area contributed by atoms with Crippen molar-refractivity contribution in [2.75, 3.05) is 10.2 Å². The first kappa shape index (κ1) is 52.2. The summed E-state index contributed by atoms with van der Waals surface area (Å²) >= 11 is 25.3. The molecule has 28 heteroatoms. The number of hydrogen-bond donors (Lipinski definition) is 3. The highest BCUT2D eigenvalue weighted by Crippen LogP contribution is 2.39. The van der Waals surface area contributed by atoms with Crippen molar-refractivity contribution in [1.82, 2.24) is 39.8 Å². The number of ether oxygens (including phenoxy) is 1. The van der Waals surface area contributed by atoms with Crippen molar-refractivity contribution in [1.29, 1.82) is 0 Å². The van der Waals surface area contributed by atoms with E-state index in [1.54, 1.807) is 48.5 Å². The summed E-state index contributed by atoms with van der Waals surface area (Å²) in [5, 5.41) is 16.1. The van der Waals surface area contributed by atoms with Gasteiger partial charge < -0.3 is 10.1 Å². The third kappa shape index (κ3) is 12.0. The van der Waals surface area contributed by atoms with Crippen molar-refractivity contribution in [3.05, 3.63) is 121 Å². The molecule has 0 saturated heterocycles. The number of aryl methyl sites for hydroxylation is 2. The molecule has 4 aromatic heterocycles. The van der Waals surface area contributed by atoms with Crippen LogP contribution >= 0.6 is 46.4 Å². The van der Waals surface area contributed by atoms with E-state index in [0.717, 1.165) is 14.3 Å². The van der Waals surface area contributed by atoms with Crippen molar-refractivity contribution < 1.29 is 35.4 Å². The Morgan fingerprint density at radius 1 is 0.716 bits per heavy atom. The van der Waals surface area contributed by atoms with E-state index in [-0.39, 0.29) is 83.4 Å². The van der Waals surface area contributed by atoms with E-state index in [0.29, 0.717) is 11.3 Å². The zero-order valence-electron chi connectivity index (χ0n) is 36.9. The molecule has 4 heterocycles. The second kappa shape index (κ2) is 20.2. The maximum Gasteiger partial charge on any atom is 0.438 e. The van der Waals surface area contributed by atoms with Gasteiger partial charge >= 0.3 is 17.6 Å². The first-order chi connectivity index (χ1) is 31.0. The van der Waals surface area contributed by atoms with Crippen LogP contribution in [0.1, 0.15) is 83.1 Å². The smallest absolute Gasteiger partial charge is 0.438 e. The number of nitrogens with one attached hydrogen (secondary N) is 3. The first-order valence-electron chi connectivity index (χ1n) is 19.5. The van der Waals surface area contributed by atoms with Crippen LogP contribution in [0.4, 0.5) is 16.2 Å². The molecule has 0 fully saturated rings. The number of nitrogens with zero attached hydrogens (tertiary/aromatic N) is 7. The molecule has 0 aliphatic rings. The van der Waals surface area contributed by atoms with Crippen molar-refractivity contribution in [3.63, 3.8) is 0 Å². The number of rotatable bonds is 12. The summed E-state index contributed by atoms with van der Waals surface area (Å²) in [6.07, 6.45) is -0.847. The normalized spacial score (nSPS) is 12.0. The van der Waals surface area contributed by atoms with Crippen LogP contribution in [0.15, 0.2) is 84.5 Å². The molecule has 0 aliphatic heterocycles. The molecule has 0 spiro atoms. The van der Waals surface area contributed by atoms with Crippen LogP contribution in [0.25, 0.3) is 0 Å². The minimum atomic E-state index is -4.39. The number of anilines is 2. The van der Waals surface area contributed by atoms with Crippen molar-refractivity contribution >= 4 is 83.5 Å². The maximum absolute atomic E-state index is 13.5. The zero-order chi connectivity index (χ0) is 50.1. The van der Waals surface area contributed by atoms with Gasteiger partial charge in [0.2, 0.25) is 19.7 Å². The highest BCUT2D eigenvalue weighted by Gasteiger charge is 2.32. The maximum atomic E-state index is 13.5. The van der Waals surface area contributed by atoms with E-state index < -0.39 is 58.4 Å². The Morgan fingerprint density at radius 2 is 1.12 bits per heavy atom. The molecule has 360 valence electrons. The summed E-state index contributed by atoms with van der Waals surface area (Å²) in [5.74, 6) is -1.78. The van der Waals surface area contributed by atoms with Gasteiger partial charge in [0.05, 0.1) is 38.9 Å². The lowest BCUT2D eigenvalue weighted by molar-refractivity contribution is 0.0576. The standard InChI is InChI=1S/C22H25Cl2N5O7S.C17H17Cl2N5O5S/c1-11(2)13-9-17(26-28(6)19(13)30)37(33,34)18-14(23)7-12(8-15(18)24)29(21(32)35-22(3,4)5)10-16-25-20(31)36-27-16;1-8(2)10-6-14(22-24(3)16(10)25)30(27,28)15-11(18)4-9(5-12(15)19)20-7-13-21-17(26)29-23-13/h7-9,11H,10H2,1-6H3,(H,25,27,31);4-6,8,20H,7H2,1-3H3,(H,21,23,26). The monoisotopic (exact) mass is 1050 g/mol. The Hall–Kier alpha value is -5.79. The van der Waals surface area contributed by atoms with Crippen LogP contribution in [-0.2, 0) is 51.6 Å². The molecule has 0 aliphatic carbocycles. The summed E-state index contributed by atoms with van der Waals surface area (Å²) in [6, 6.07) is 7.56. The number of aromatic amines is 2. The number of benzene rings is 2. The fraction of sp³-hybridized carbons (Fsp3) is 0.359. The highest BCUT2D eigenvalue weighted by molar-refractivity contribution is 7.92. The largest absolute Gasteiger partial charge is 0.443 e. The first-order valence-corrected chi connectivity index (χ1v) is 24.0. The number of H-pyrrole nitrogens is 2. The van der Waals surface area contributed by atoms with Gasteiger partial charge in [-0.15, -0.1) is 0 Å². The molecule has 1 amide bonds. The number of hydrogen-bond acceptors (Lipinski definition) is 17. The quantitative estimate of drug-likeness (QED) is 0.127. The summed E-state index contributed by atoms with van der Waals surface area (Å²) in [6.45, 7) is 11.8. The second-order valence-corrected chi connectivity index (χ2v) is 21.4. The molecule has 67 heavy (non-hydrogen) atoms. The fourth-order valence-electron chi connectivity index (χ4n) is 5.96. The molecule has 22 nitrogen and oxygen atoms in total. The molecule has 0 radical (unpaired) electrons. The Morgan fingerprint density at radius 3 is 1.49 bits per heavy atom. The van der Waals surface area contributed by atoms with Gasteiger partial charge in [0.1, 0.15) is 15.4 Å². The molecular formula is C39H42Cl4N10O12S2. The van der Waals surface area contributed by atoms with Gasteiger partial charge in [-0.2, -0.15) is 10.2 Å². The minimum Gasteiger partial charge on any atom is -0.443 e. The molecule has 6 aromatic rings. The average molecular weight is 1050 g/mol. The van der Waals surface area contributed by atoms with Gasteiger partial charge in [-0.25, -0.2) is 40.6 Å². The van der Waals surface area contributed by atoms with E-state index in [2.05, 4.69) is 44.8 Å². The molecule has 0 saturated carbocycles. The van der Waals surface area contributed by atoms with Crippen LogP contribution < -0.4 is 32.8 Å². The summed E-state index contributed by atoms with van der Waals surface area (Å²) < 4.78 is 69.6. The lowest BCUT2D eigenvalue weighted by atomic mass is 10.1. The number of sulfone groups is 2. The van der Waals surface area contributed by atoms with E-state index in [9.17, 15) is 40.8 Å². The van der Waals surface area contributed by atoms with Gasteiger partial charge in [-0.3, -0.25) is 33.5 Å². The van der Waals surface area contributed by atoms with Gasteiger partial charge in [-0.05, 0) is 69.0 Å². The summed E-state index contributed by atoms with van der Waals surface area (Å²) in [7, 11) is -5.89. The average Bonchev–Trinajstić information content (AvgIpc) is 3.82. The Bertz CT molecular complexity index is 3290. The molecule has 0 unspecified atom stereocenters. The Kier molecular flexibility index (Phi) is 15.7.